The summed E-state index contributed by atoms with van der Waals surface area (Å²) in [7, 11) is 1.57. The molecule has 0 aliphatic carbocycles. The van der Waals surface area contributed by atoms with Crippen LogP contribution in [0, 0.1) is 13.8 Å². The van der Waals surface area contributed by atoms with Gasteiger partial charge in [-0.15, -0.1) is 11.3 Å². The van der Waals surface area contributed by atoms with Crippen molar-refractivity contribution in [1.82, 2.24) is 15.3 Å². The first-order valence-corrected chi connectivity index (χ1v) is 12.1. The van der Waals surface area contributed by atoms with Gasteiger partial charge in [-0.05, 0) is 62.3 Å². The number of ether oxygens (including phenoxy) is 2. The molecule has 1 aliphatic heterocycles. The lowest BCUT2D eigenvalue weighted by molar-refractivity contribution is -0.140. The molecule has 1 aliphatic rings. The van der Waals surface area contributed by atoms with Gasteiger partial charge >= 0.3 is 5.97 Å². The Hall–Kier alpha value is -3.14. The Morgan fingerprint density at radius 3 is 2.76 bits per heavy atom. The van der Waals surface area contributed by atoms with Crippen LogP contribution >= 0.6 is 23.6 Å². The molecule has 1 N–H and O–H groups in total. The van der Waals surface area contributed by atoms with Crippen molar-refractivity contribution >= 4 is 40.3 Å². The molecule has 3 heterocycles. The number of hydrogen-bond donors (Lipinski definition) is 1. The van der Waals surface area contributed by atoms with E-state index in [2.05, 4.69) is 22.4 Å². The smallest absolute Gasteiger partial charge is 0.338 e. The number of thiocarbonyl (C=S) groups is 1. The normalized spacial score (nSPS) is 15.9. The molecule has 0 radical (unpaired) electrons. The summed E-state index contributed by atoms with van der Waals surface area (Å²) in [6.07, 6.45) is 1.73. The Kier molecular flexibility index (Phi) is 7.35. The van der Waals surface area contributed by atoms with E-state index in [4.69, 9.17) is 26.7 Å². The maximum Gasteiger partial charge on any atom is 0.338 e. The van der Waals surface area contributed by atoms with Gasteiger partial charge in [0.1, 0.15) is 17.7 Å². The summed E-state index contributed by atoms with van der Waals surface area (Å²) in [6, 6.07) is 11.3. The maximum absolute atomic E-state index is 13.3. The lowest BCUT2D eigenvalue weighted by Crippen LogP contribution is -2.48. The number of aromatic nitrogens is 2. The van der Waals surface area contributed by atoms with Crippen molar-refractivity contribution in [1.29, 1.82) is 0 Å². The average Bonchev–Trinajstić information content (AvgIpc) is 3.32. The van der Waals surface area contributed by atoms with E-state index in [0.29, 0.717) is 28.7 Å². The van der Waals surface area contributed by atoms with E-state index < -0.39 is 12.0 Å². The minimum absolute atomic E-state index is 0.156. The van der Waals surface area contributed by atoms with Crippen LogP contribution in [0.5, 0.6) is 0 Å². The van der Waals surface area contributed by atoms with Crippen LogP contribution < -0.4 is 10.2 Å². The predicted molar refractivity (Wildman–Crippen MR) is 138 cm³/mol. The molecule has 3 aromatic rings. The summed E-state index contributed by atoms with van der Waals surface area (Å²) in [6.45, 7) is 6.41. The van der Waals surface area contributed by atoms with Crippen LogP contribution in [0.15, 0.2) is 59.2 Å². The van der Waals surface area contributed by atoms with E-state index in [1.807, 2.05) is 55.3 Å². The van der Waals surface area contributed by atoms with Crippen molar-refractivity contribution in [2.24, 2.45) is 0 Å². The number of benzene rings is 1. The first kappa shape index (κ1) is 24.0. The van der Waals surface area contributed by atoms with Gasteiger partial charge in [0.2, 0.25) is 0 Å². The molecule has 0 saturated carbocycles. The largest absolute Gasteiger partial charge is 0.460 e. The van der Waals surface area contributed by atoms with E-state index >= 15 is 0 Å². The Labute approximate surface area is 208 Å². The summed E-state index contributed by atoms with van der Waals surface area (Å²) in [4.78, 5) is 24.4. The first-order chi connectivity index (χ1) is 16.4. The van der Waals surface area contributed by atoms with Crippen molar-refractivity contribution in [2.75, 3.05) is 25.2 Å². The summed E-state index contributed by atoms with van der Waals surface area (Å²) in [5, 5.41) is 6.53. The highest BCUT2D eigenvalue weighted by atomic mass is 32.1. The molecule has 1 atom stereocenters. The van der Waals surface area contributed by atoms with Crippen molar-refractivity contribution in [3.8, 4) is 10.7 Å². The van der Waals surface area contributed by atoms with Crippen LogP contribution in [0.3, 0.4) is 0 Å². The molecule has 0 fully saturated rings. The Balaban J connectivity index is 1.78. The fraction of sp³-hybridized carbons (Fsp3) is 0.280. The second-order valence-corrected chi connectivity index (χ2v) is 9.17. The molecular formula is C25H26N4O3S2. The lowest BCUT2D eigenvalue weighted by atomic mass is 9.98. The van der Waals surface area contributed by atoms with Gasteiger partial charge in [0.05, 0.1) is 29.3 Å². The molecule has 176 valence electrons. The first-order valence-electron chi connectivity index (χ1n) is 10.8. The number of carbonyl (C=O) groups excluding carboxylic acids is 1. The van der Waals surface area contributed by atoms with Crippen molar-refractivity contribution in [3.63, 3.8) is 0 Å². The summed E-state index contributed by atoms with van der Waals surface area (Å²) in [5.41, 5.74) is 5.70. The highest BCUT2D eigenvalue weighted by Crippen LogP contribution is 2.37. The Morgan fingerprint density at radius 1 is 1.21 bits per heavy atom. The topological polar surface area (TPSA) is 76.6 Å². The Morgan fingerprint density at radius 2 is 2.03 bits per heavy atom. The van der Waals surface area contributed by atoms with Crippen LogP contribution in [0.4, 0.5) is 5.69 Å². The summed E-state index contributed by atoms with van der Waals surface area (Å²) < 4.78 is 10.6. The lowest BCUT2D eigenvalue weighted by Gasteiger charge is -2.37. The van der Waals surface area contributed by atoms with Gasteiger partial charge in [0.15, 0.2) is 5.11 Å². The van der Waals surface area contributed by atoms with Gasteiger partial charge in [-0.1, -0.05) is 18.2 Å². The zero-order chi connectivity index (χ0) is 24.2. The third kappa shape index (κ3) is 4.86. The van der Waals surface area contributed by atoms with E-state index in [0.717, 1.165) is 27.5 Å². The highest BCUT2D eigenvalue weighted by molar-refractivity contribution is 7.80. The van der Waals surface area contributed by atoms with Gasteiger partial charge in [-0.25, -0.2) is 9.78 Å². The molecule has 0 spiro atoms. The number of allylic oxidation sites excluding steroid dienone is 1. The zero-order valence-electron chi connectivity index (χ0n) is 19.5. The number of nitrogens with zero attached hydrogens (tertiary/aromatic N) is 3. The number of methoxy groups -OCH3 is 1. The van der Waals surface area contributed by atoms with Crippen LogP contribution in [0.1, 0.15) is 29.8 Å². The van der Waals surface area contributed by atoms with E-state index in [1.54, 1.807) is 13.3 Å². The third-order valence-electron chi connectivity index (χ3n) is 5.53. The minimum Gasteiger partial charge on any atom is -0.460 e. The van der Waals surface area contributed by atoms with Gasteiger partial charge in [0.25, 0.3) is 0 Å². The Bertz CT molecular complexity index is 1240. The number of aryl methyl sites for hydroxylation is 2. The van der Waals surface area contributed by atoms with Crippen molar-refractivity contribution in [2.45, 2.75) is 26.8 Å². The van der Waals surface area contributed by atoms with E-state index in [1.165, 1.54) is 11.3 Å². The van der Waals surface area contributed by atoms with E-state index in [9.17, 15) is 4.79 Å². The molecule has 4 rings (SSSR count). The number of nitrogens with one attached hydrogen (secondary N) is 1. The molecule has 7 nitrogen and oxygen atoms in total. The molecule has 34 heavy (non-hydrogen) atoms. The predicted octanol–water partition coefficient (Wildman–Crippen LogP) is 4.72. The van der Waals surface area contributed by atoms with E-state index in [-0.39, 0.29) is 6.61 Å². The molecule has 0 saturated heterocycles. The molecular weight excluding hydrogens is 468 g/mol. The van der Waals surface area contributed by atoms with Crippen LogP contribution in [0.25, 0.3) is 10.7 Å². The molecule has 2 aromatic heterocycles. The van der Waals surface area contributed by atoms with Gasteiger partial charge in [-0.2, -0.15) is 0 Å². The highest BCUT2D eigenvalue weighted by Gasteiger charge is 2.37. The number of anilines is 1. The second kappa shape index (κ2) is 10.4. The van der Waals surface area contributed by atoms with Gasteiger partial charge in [-0.3, -0.25) is 9.88 Å². The number of esters is 1. The number of thiazole rings is 1. The van der Waals surface area contributed by atoms with Gasteiger partial charge in [0, 0.05) is 24.4 Å². The monoisotopic (exact) mass is 494 g/mol. The average molecular weight is 495 g/mol. The summed E-state index contributed by atoms with van der Waals surface area (Å²) >= 11 is 7.25. The molecule has 1 aromatic carbocycles. The van der Waals surface area contributed by atoms with Gasteiger partial charge < -0.3 is 14.8 Å². The number of hydrogen-bond acceptors (Lipinski definition) is 7. The fourth-order valence-corrected chi connectivity index (χ4v) is 4.97. The quantitative estimate of drug-likeness (QED) is 0.287. The van der Waals surface area contributed by atoms with Crippen molar-refractivity contribution in [3.05, 3.63) is 76.1 Å². The molecule has 1 unspecified atom stereocenters. The fourth-order valence-electron chi connectivity index (χ4n) is 3.80. The number of carbonyl (C=O) groups is 1. The standard InChI is InChI=1S/C25H26N4O3S2/c1-15-8-9-16(2)20(13-15)29-17(3)21(24(30)32-12-11-31-4)22(28-25(29)33)19-14-34-23(27-19)18-7-5-6-10-26-18/h5-10,13-14,22H,11-12H2,1-4H3,(H,28,33). The molecule has 0 amide bonds. The van der Waals surface area contributed by atoms with Crippen molar-refractivity contribution < 1.29 is 14.3 Å². The molecule has 0 bridgehead atoms. The summed E-state index contributed by atoms with van der Waals surface area (Å²) in [5.74, 6) is -0.433. The SMILES string of the molecule is COCCOC(=O)C1=C(C)N(c2cc(C)ccc2C)C(=S)NC1c1csc(-c2ccccn2)n1. The minimum atomic E-state index is -0.544. The second-order valence-electron chi connectivity index (χ2n) is 7.93. The third-order valence-corrected chi connectivity index (χ3v) is 6.72. The number of rotatable bonds is 7. The maximum atomic E-state index is 13.3. The molecule has 9 heteroatoms. The zero-order valence-corrected chi connectivity index (χ0v) is 21.1. The van der Waals surface area contributed by atoms with Crippen LogP contribution in [0.2, 0.25) is 0 Å². The van der Waals surface area contributed by atoms with Crippen LogP contribution in [-0.4, -0.2) is 41.4 Å². The number of pyridine rings is 1. The van der Waals surface area contributed by atoms with Crippen LogP contribution in [-0.2, 0) is 14.3 Å².